The van der Waals surface area contributed by atoms with Crippen LogP contribution in [0.1, 0.15) is 52.3 Å². The van der Waals surface area contributed by atoms with Crippen LogP contribution in [-0.2, 0) is 6.42 Å². The van der Waals surface area contributed by atoms with Gasteiger partial charge in [0.2, 0.25) is 0 Å². The Hall–Kier alpha value is -1.47. The first kappa shape index (κ1) is 15.9. The molecule has 0 bridgehead atoms. The van der Waals surface area contributed by atoms with Crippen molar-refractivity contribution < 1.29 is 4.79 Å². The van der Waals surface area contributed by atoms with Gasteiger partial charge in [-0.05, 0) is 19.8 Å². The van der Waals surface area contributed by atoms with Gasteiger partial charge in [-0.25, -0.2) is 9.97 Å². The Labute approximate surface area is 132 Å². The predicted molar refractivity (Wildman–Crippen MR) is 88.1 cm³/mol. The van der Waals surface area contributed by atoms with Crippen LogP contribution in [0.15, 0.2) is 5.38 Å². The third-order valence-corrected chi connectivity index (χ3v) is 5.16. The average Bonchev–Trinajstić information content (AvgIpc) is 3.01. The first-order valence-corrected chi connectivity index (χ1v) is 8.62. The minimum Gasteiger partial charge on any atom is -0.375 e. The molecule has 5 nitrogen and oxygen atoms in total. The van der Waals surface area contributed by atoms with Crippen LogP contribution in [0.25, 0.3) is 0 Å². The molecule has 0 spiro atoms. The van der Waals surface area contributed by atoms with Crippen molar-refractivity contribution in [1.29, 1.82) is 0 Å². The van der Waals surface area contributed by atoms with Gasteiger partial charge in [-0.1, -0.05) is 13.8 Å². The Morgan fingerprint density at radius 2 is 2.19 bits per heavy atom. The minimum absolute atomic E-state index is 0.0327. The van der Waals surface area contributed by atoms with Crippen LogP contribution in [-0.4, -0.2) is 22.4 Å². The highest BCUT2D eigenvalue weighted by atomic mass is 32.1. The van der Waals surface area contributed by atoms with Crippen molar-refractivity contribution in [2.24, 2.45) is 0 Å². The highest BCUT2D eigenvalue weighted by molar-refractivity contribution is 7.14. The molecule has 2 aromatic rings. The number of carbonyl (C=O) groups excluding carboxylic acids is 1. The van der Waals surface area contributed by atoms with Crippen LogP contribution < -0.4 is 11.1 Å². The van der Waals surface area contributed by atoms with Gasteiger partial charge in [-0.15, -0.1) is 22.7 Å². The number of nitrogens with two attached hydrogens (primary N) is 1. The molecule has 0 aromatic carbocycles. The lowest BCUT2D eigenvalue weighted by atomic mass is 10.2. The fraction of sp³-hybridized carbons (Fsp3) is 0.500. The largest absolute Gasteiger partial charge is 0.375 e. The number of aryl methyl sites for hydroxylation is 2. The van der Waals surface area contributed by atoms with E-state index in [1.165, 1.54) is 22.7 Å². The fourth-order valence-corrected chi connectivity index (χ4v) is 3.45. The summed E-state index contributed by atoms with van der Waals surface area (Å²) < 4.78 is 0. The van der Waals surface area contributed by atoms with Crippen LogP contribution >= 0.6 is 22.7 Å². The lowest BCUT2D eigenvalue weighted by Gasteiger charge is -2.03. The van der Waals surface area contributed by atoms with Gasteiger partial charge < -0.3 is 11.1 Å². The van der Waals surface area contributed by atoms with E-state index in [1.807, 2.05) is 12.3 Å². The topological polar surface area (TPSA) is 80.9 Å². The van der Waals surface area contributed by atoms with Crippen molar-refractivity contribution in [1.82, 2.24) is 15.3 Å². The maximum absolute atomic E-state index is 12.1. The van der Waals surface area contributed by atoms with Crippen LogP contribution in [0.5, 0.6) is 0 Å². The molecule has 0 radical (unpaired) electrons. The molecule has 0 unspecified atom stereocenters. The molecule has 2 rings (SSSR count). The highest BCUT2D eigenvalue weighted by Gasteiger charge is 2.16. The number of thiazole rings is 2. The van der Waals surface area contributed by atoms with Crippen LogP contribution in [0, 0.1) is 6.92 Å². The molecule has 3 N–H and O–H groups in total. The summed E-state index contributed by atoms with van der Waals surface area (Å²) in [6.07, 6.45) is 1.68. The molecule has 0 saturated heterocycles. The van der Waals surface area contributed by atoms with E-state index >= 15 is 0 Å². The standard InChI is InChI=1S/C14H20N4OS2/c1-8(2)13-17-9(3)11(21-13)12(19)16-6-4-5-10-7-20-14(15)18-10/h7-8H,4-6H2,1-3H3,(H2,15,18)(H,16,19). The van der Waals surface area contributed by atoms with E-state index in [0.717, 1.165) is 34.1 Å². The number of nitrogen functional groups attached to an aromatic ring is 1. The van der Waals surface area contributed by atoms with Crippen molar-refractivity contribution in [2.45, 2.75) is 39.5 Å². The number of hydrogen-bond acceptors (Lipinski definition) is 6. The first-order valence-electron chi connectivity index (χ1n) is 6.92. The molecule has 2 aromatic heterocycles. The number of nitrogens with one attached hydrogen (secondary N) is 1. The molecule has 0 saturated carbocycles. The summed E-state index contributed by atoms with van der Waals surface area (Å²) >= 11 is 2.93. The lowest BCUT2D eigenvalue weighted by Crippen LogP contribution is -2.24. The zero-order valence-corrected chi connectivity index (χ0v) is 14.1. The van der Waals surface area contributed by atoms with Crippen molar-refractivity contribution >= 4 is 33.7 Å². The van der Waals surface area contributed by atoms with Gasteiger partial charge in [0.15, 0.2) is 5.13 Å². The van der Waals surface area contributed by atoms with E-state index in [2.05, 4.69) is 29.1 Å². The normalized spacial score (nSPS) is 11.0. The average molecular weight is 324 g/mol. The Kier molecular flexibility index (Phi) is 5.30. The highest BCUT2D eigenvalue weighted by Crippen LogP contribution is 2.24. The summed E-state index contributed by atoms with van der Waals surface area (Å²) in [6.45, 7) is 6.68. The molecule has 1 amide bonds. The van der Waals surface area contributed by atoms with Crippen molar-refractivity contribution in [3.05, 3.63) is 26.7 Å². The Morgan fingerprint density at radius 3 is 2.76 bits per heavy atom. The van der Waals surface area contributed by atoms with E-state index in [1.54, 1.807) is 0 Å². The third-order valence-electron chi connectivity index (χ3n) is 2.98. The summed E-state index contributed by atoms with van der Waals surface area (Å²) in [7, 11) is 0. The maximum atomic E-state index is 12.1. The number of anilines is 1. The van der Waals surface area contributed by atoms with Gasteiger partial charge in [0.25, 0.3) is 5.91 Å². The third kappa shape index (κ3) is 4.25. The molecular weight excluding hydrogens is 304 g/mol. The molecule has 7 heteroatoms. The summed E-state index contributed by atoms with van der Waals surface area (Å²) in [5.74, 6) is 0.320. The second-order valence-electron chi connectivity index (χ2n) is 5.16. The molecule has 0 fully saturated rings. The summed E-state index contributed by atoms with van der Waals surface area (Å²) in [6, 6.07) is 0. The maximum Gasteiger partial charge on any atom is 0.263 e. The molecule has 21 heavy (non-hydrogen) atoms. The minimum atomic E-state index is -0.0327. The van der Waals surface area contributed by atoms with E-state index < -0.39 is 0 Å². The molecule has 0 aliphatic rings. The number of nitrogens with zero attached hydrogens (tertiary/aromatic N) is 2. The van der Waals surface area contributed by atoms with E-state index in [-0.39, 0.29) is 5.91 Å². The summed E-state index contributed by atoms with van der Waals surface area (Å²) in [5, 5.41) is 6.51. The van der Waals surface area contributed by atoms with Gasteiger partial charge in [-0.3, -0.25) is 4.79 Å². The van der Waals surface area contributed by atoms with Crippen molar-refractivity contribution in [3.8, 4) is 0 Å². The number of aromatic nitrogens is 2. The van der Waals surface area contributed by atoms with Crippen molar-refractivity contribution in [2.75, 3.05) is 12.3 Å². The monoisotopic (exact) mass is 324 g/mol. The van der Waals surface area contributed by atoms with Crippen LogP contribution in [0.4, 0.5) is 5.13 Å². The second-order valence-corrected chi connectivity index (χ2v) is 7.08. The smallest absolute Gasteiger partial charge is 0.263 e. The van der Waals surface area contributed by atoms with E-state index in [9.17, 15) is 4.79 Å². The number of amides is 1. The molecule has 2 heterocycles. The summed E-state index contributed by atoms with van der Waals surface area (Å²) in [4.78, 5) is 21.5. The fourth-order valence-electron chi connectivity index (χ4n) is 1.86. The second kappa shape index (κ2) is 7.00. The molecular formula is C14H20N4OS2. The molecule has 0 aliphatic carbocycles. The number of carbonyl (C=O) groups is 1. The van der Waals surface area contributed by atoms with Crippen molar-refractivity contribution in [3.63, 3.8) is 0 Å². The lowest BCUT2D eigenvalue weighted by molar-refractivity contribution is 0.0956. The molecule has 0 aliphatic heterocycles. The summed E-state index contributed by atoms with van der Waals surface area (Å²) in [5.41, 5.74) is 7.38. The Bertz CT molecular complexity index is 618. The van der Waals surface area contributed by atoms with Gasteiger partial charge >= 0.3 is 0 Å². The molecule has 0 atom stereocenters. The van der Waals surface area contributed by atoms with Gasteiger partial charge in [0, 0.05) is 17.8 Å². The predicted octanol–water partition coefficient (Wildman–Crippen LogP) is 2.98. The zero-order valence-electron chi connectivity index (χ0n) is 12.5. The quantitative estimate of drug-likeness (QED) is 0.800. The number of hydrogen-bond donors (Lipinski definition) is 2. The van der Waals surface area contributed by atoms with Crippen LogP contribution in [0.2, 0.25) is 0 Å². The number of rotatable bonds is 6. The van der Waals surface area contributed by atoms with E-state index in [0.29, 0.717) is 17.6 Å². The van der Waals surface area contributed by atoms with E-state index in [4.69, 9.17) is 5.73 Å². The van der Waals surface area contributed by atoms with Gasteiger partial charge in [-0.2, -0.15) is 0 Å². The first-order chi connectivity index (χ1) is 9.97. The van der Waals surface area contributed by atoms with Gasteiger partial charge in [0.05, 0.1) is 16.4 Å². The SMILES string of the molecule is Cc1nc(C(C)C)sc1C(=O)NCCCc1csc(N)n1. The zero-order chi connectivity index (χ0) is 15.4. The molecule has 114 valence electrons. The Morgan fingerprint density at radius 1 is 1.43 bits per heavy atom. The van der Waals surface area contributed by atoms with Crippen LogP contribution in [0.3, 0.4) is 0 Å². The Balaban J connectivity index is 1.81. The van der Waals surface area contributed by atoms with Gasteiger partial charge in [0.1, 0.15) is 4.88 Å².